The van der Waals surface area contributed by atoms with Crippen molar-refractivity contribution in [2.24, 2.45) is 5.73 Å². The molecule has 6 atom stereocenters. The third-order valence-electron chi connectivity index (χ3n) is 10.0. The van der Waals surface area contributed by atoms with Gasteiger partial charge in [-0.05, 0) is 56.2 Å². The Morgan fingerprint density at radius 3 is 2.13 bits per heavy atom. The molecular weight excluding hydrogens is 765 g/mol. The van der Waals surface area contributed by atoms with Gasteiger partial charge >= 0.3 is 11.9 Å². The van der Waals surface area contributed by atoms with Crippen LogP contribution >= 0.6 is 11.8 Å². The lowest BCUT2D eigenvalue weighted by Crippen LogP contribution is -2.71. The first-order valence-corrected chi connectivity index (χ1v) is 20.5. The zero-order chi connectivity index (χ0) is 39.5. The number of rotatable bonds is 8. The molecule has 3 amide bonds. The highest BCUT2D eigenvalue weighted by Gasteiger charge is 2.68. The van der Waals surface area contributed by atoms with Crippen LogP contribution in [-0.4, -0.2) is 106 Å². The van der Waals surface area contributed by atoms with Gasteiger partial charge in [0.2, 0.25) is 24.5 Å². The summed E-state index contributed by atoms with van der Waals surface area (Å²) in [6.45, 7) is 5.37. The van der Waals surface area contributed by atoms with Crippen LogP contribution in [0.1, 0.15) is 45.7 Å². The van der Waals surface area contributed by atoms with E-state index in [9.17, 15) is 40.8 Å². The van der Waals surface area contributed by atoms with E-state index < -0.39 is 101 Å². The van der Waals surface area contributed by atoms with Crippen molar-refractivity contribution in [1.29, 1.82) is 0 Å². The number of ether oxygens (including phenoxy) is 2. The number of thioether (sulfide) groups is 1. The second-order valence-electron chi connectivity index (χ2n) is 14.2. The highest BCUT2D eigenvalue weighted by Crippen LogP contribution is 2.51. The molecule has 4 fully saturated rings. The van der Waals surface area contributed by atoms with Crippen LogP contribution in [0.5, 0.6) is 0 Å². The zero-order valence-electron chi connectivity index (χ0n) is 29.4. The highest BCUT2D eigenvalue weighted by molar-refractivity contribution is 8.01. The van der Waals surface area contributed by atoms with E-state index in [-0.39, 0.29) is 11.3 Å². The van der Waals surface area contributed by atoms with Gasteiger partial charge < -0.3 is 30.3 Å². The molecule has 0 radical (unpaired) electrons. The molecule has 4 aliphatic rings. The largest absolute Gasteiger partial charge is 0.426 e. The molecule has 4 aliphatic heterocycles. The molecule has 288 valence electrons. The van der Waals surface area contributed by atoms with Gasteiger partial charge in [-0.25, -0.2) is 18.0 Å². The van der Waals surface area contributed by atoms with Crippen molar-refractivity contribution in [2.75, 3.05) is 6.79 Å². The Kier molecular flexibility index (Phi) is 10.1. The normalized spacial score (nSPS) is 26.2. The van der Waals surface area contributed by atoms with Crippen LogP contribution in [0.4, 0.5) is 0 Å². The molecule has 0 bridgehead atoms. The van der Waals surface area contributed by atoms with Crippen molar-refractivity contribution in [2.45, 2.75) is 83.4 Å². The van der Waals surface area contributed by atoms with Crippen molar-refractivity contribution < 1.29 is 54.8 Å². The number of sulfone groups is 1. The number of carbonyl (C=O) groups is 5. The smallest absolute Gasteiger partial charge is 0.333 e. The summed E-state index contributed by atoms with van der Waals surface area (Å²) in [4.78, 5) is 65.8. The van der Waals surface area contributed by atoms with Gasteiger partial charge in [0, 0.05) is 4.75 Å². The average molecular weight is 803 g/mol. The van der Waals surface area contributed by atoms with E-state index in [0.717, 1.165) is 15.7 Å². The van der Waals surface area contributed by atoms with Crippen molar-refractivity contribution in [3.63, 3.8) is 0 Å². The van der Waals surface area contributed by atoms with Gasteiger partial charge in [0.15, 0.2) is 9.84 Å². The SMILES string of the molecule is CC1(C)S[C@@H]2[C@H](NC(=O)[C@H](N)c3ccccc3)C(=O)N2[C@H]1C(=O)OCOC(=O)[C@@H]1N2C(=O)C[C@H]2S(=O)(=O)C1(C)C.O=S(=O)(O)c1ccc2ccccc2c1. The summed E-state index contributed by atoms with van der Waals surface area (Å²) < 4.78 is 63.8. The fourth-order valence-electron chi connectivity index (χ4n) is 7.02. The summed E-state index contributed by atoms with van der Waals surface area (Å²) in [5, 5.41) is 2.81. The number of nitrogens with one attached hydrogen (secondary N) is 1. The number of hydrogen-bond donors (Lipinski definition) is 3. The van der Waals surface area contributed by atoms with Crippen LogP contribution in [0.2, 0.25) is 0 Å². The van der Waals surface area contributed by atoms with Crippen molar-refractivity contribution >= 4 is 72.1 Å². The number of nitrogens with zero attached hydrogens (tertiary/aromatic N) is 2. The molecule has 0 unspecified atom stereocenters. The number of hydrogen-bond acceptors (Lipinski definition) is 13. The first-order valence-electron chi connectivity index (χ1n) is 16.6. The molecule has 3 aromatic rings. The third-order valence-corrected chi connectivity index (χ3v) is 15.2. The molecule has 4 saturated heterocycles. The topological polar surface area (TPSA) is 237 Å². The molecule has 0 spiro atoms. The maximum atomic E-state index is 13.0. The van der Waals surface area contributed by atoms with Crippen LogP contribution in [0.3, 0.4) is 0 Å². The van der Waals surface area contributed by atoms with Gasteiger partial charge in [0.05, 0.1) is 16.1 Å². The van der Waals surface area contributed by atoms with E-state index >= 15 is 0 Å². The van der Waals surface area contributed by atoms with E-state index in [4.69, 9.17) is 19.8 Å². The lowest BCUT2D eigenvalue weighted by atomic mass is 9.95. The predicted octanol–water partition coefficient (Wildman–Crippen LogP) is 1.50. The molecule has 7 rings (SSSR count). The Balaban J connectivity index is 0.000000297. The lowest BCUT2D eigenvalue weighted by molar-refractivity contribution is -0.181. The van der Waals surface area contributed by atoms with Gasteiger partial charge in [0.25, 0.3) is 10.1 Å². The van der Waals surface area contributed by atoms with Crippen LogP contribution in [0, 0.1) is 0 Å². The monoisotopic (exact) mass is 802 g/mol. The first kappa shape index (κ1) is 39.1. The molecule has 16 nitrogen and oxygen atoms in total. The predicted molar refractivity (Wildman–Crippen MR) is 194 cm³/mol. The Morgan fingerprint density at radius 1 is 0.926 bits per heavy atom. The fraction of sp³-hybridized carbons (Fsp3) is 0.400. The summed E-state index contributed by atoms with van der Waals surface area (Å²) in [7, 11) is -7.89. The van der Waals surface area contributed by atoms with Crippen LogP contribution in [-0.2, 0) is 53.4 Å². The van der Waals surface area contributed by atoms with Crippen LogP contribution in [0.15, 0.2) is 77.7 Å². The number of esters is 2. The molecule has 3 aromatic carbocycles. The van der Waals surface area contributed by atoms with E-state index in [1.54, 1.807) is 56.3 Å². The van der Waals surface area contributed by atoms with E-state index in [1.165, 1.54) is 42.6 Å². The minimum atomic E-state index is -4.09. The van der Waals surface area contributed by atoms with Crippen molar-refractivity contribution in [3.05, 3.63) is 78.4 Å². The minimum absolute atomic E-state index is 0.0730. The minimum Gasteiger partial charge on any atom is -0.426 e. The molecule has 19 heteroatoms. The van der Waals surface area contributed by atoms with Gasteiger partial charge in [0.1, 0.15) is 34.9 Å². The highest BCUT2D eigenvalue weighted by atomic mass is 32.2. The second-order valence-corrected chi connectivity index (χ2v) is 20.1. The molecule has 54 heavy (non-hydrogen) atoms. The molecule has 0 aromatic heterocycles. The molecule has 4 heterocycles. The molecule has 4 N–H and O–H groups in total. The Hall–Kier alpha value is -4.56. The standard InChI is InChI=1S/C25H30N4O9S2.C10H8O3S/c1-24(2)17(29-20(32)16(21(29)39-24)27-19(31)15(26)12-8-6-5-7-9-12)22(33)37-11-38-23(34)18-25(3,4)40(35,36)14-10-13(30)28(14)18;11-14(12,13)10-6-5-8-3-1-2-4-9(8)7-10/h5-9,14-18,21H,10-11,26H2,1-4H3,(H,27,31);1-7H,(H,11,12,13)/t14-,15-,16-,17+,18+,21-;/m1./s1. The summed E-state index contributed by atoms with van der Waals surface area (Å²) in [5.74, 6) is -3.32. The fourth-order valence-corrected chi connectivity index (χ4v) is 11.3. The van der Waals surface area contributed by atoms with Crippen molar-refractivity contribution in [1.82, 2.24) is 15.1 Å². The maximum Gasteiger partial charge on any atom is 0.333 e. The quantitative estimate of drug-likeness (QED) is 0.127. The first-order chi connectivity index (χ1) is 25.2. The summed E-state index contributed by atoms with van der Waals surface area (Å²) in [5.41, 5.74) is 6.64. The molecule has 0 saturated carbocycles. The van der Waals surface area contributed by atoms with E-state index in [2.05, 4.69) is 5.32 Å². The van der Waals surface area contributed by atoms with Crippen LogP contribution < -0.4 is 11.1 Å². The number of fused-ring (bicyclic) bond motifs is 3. The third kappa shape index (κ3) is 6.71. The summed E-state index contributed by atoms with van der Waals surface area (Å²) in [6, 6.07) is 16.3. The molecule has 0 aliphatic carbocycles. The van der Waals surface area contributed by atoms with Gasteiger partial charge in [-0.1, -0.05) is 60.7 Å². The Bertz CT molecular complexity index is 2270. The Morgan fingerprint density at radius 2 is 1.52 bits per heavy atom. The van der Waals surface area contributed by atoms with Gasteiger partial charge in [-0.3, -0.25) is 18.9 Å². The number of amides is 3. The molecular formula is C35H38N4O12S3. The number of carbonyl (C=O) groups excluding carboxylic acids is 5. The van der Waals surface area contributed by atoms with Gasteiger partial charge in [-0.15, -0.1) is 11.8 Å². The number of benzene rings is 3. The lowest BCUT2D eigenvalue weighted by Gasteiger charge is -2.44. The Labute approximate surface area is 315 Å². The summed E-state index contributed by atoms with van der Waals surface area (Å²) in [6.07, 6.45) is -0.191. The summed E-state index contributed by atoms with van der Waals surface area (Å²) >= 11 is 1.31. The number of β-lactam (4-membered cyclic amide) rings is 2. The maximum absolute atomic E-state index is 13.0. The number of nitrogens with two attached hydrogens (primary N) is 1. The average Bonchev–Trinajstić information content (AvgIpc) is 3.44. The van der Waals surface area contributed by atoms with E-state index in [0.29, 0.717) is 5.56 Å². The van der Waals surface area contributed by atoms with Crippen LogP contribution in [0.25, 0.3) is 10.8 Å². The van der Waals surface area contributed by atoms with E-state index in [1.807, 2.05) is 18.2 Å². The second kappa shape index (κ2) is 13.9. The van der Waals surface area contributed by atoms with Crippen molar-refractivity contribution in [3.8, 4) is 0 Å². The zero-order valence-corrected chi connectivity index (χ0v) is 31.9. The van der Waals surface area contributed by atoms with Gasteiger partial charge in [-0.2, -0.15) is 8.42 Å².